The van der Waals surface area contributed by atoms with E-state index in [-0.39, 0.29) is 16.9 Å². The number of nitriles is 1. The van der Waals surface area contributed by atoms with Crippen LogP contribution in [0.4, 0.5) is 5.69 Å². The molecule has 0 saturated heterocycles. The number of hydrogen-bond acceptors (Lipinski definition) is 4. The van der Waals surface area contributed by atoms with Gasteiger partial charge in [-0.1, -0.05) is 40.2 Å². The Hall–Kier alpha value is -2.78. The van der Waals surface area contributed by atoms with Gasteiger partial charge in [0.25, 0.3) is 0 Å². The quantitative estimate of drug-likeness (QED) is 0.699. The molecule has 0 spiro atoms. The number of hydrogen-bond donors (Lipinski definition) is 1. The Kier molecular flexibility index (Phi) is 3.80. The maximum Gasteiger partial charge on any atom is 0.357 e. The molecule has 0 unspecified atom stereocenters. The van der Waals surface area contributed by atoms with Crippen LogP contribution in [-0.2, 0) is 4.74 Å². The molecule has 23 heavy (non-hydrogen) atoms. The van der Waals surface area contributed by atoms with Gasteiger partial charge in [-0.05, 0) is 17.5 Å². The van der Waals surface area contributed by atoms with E-state index in [1.54, 1.807) is 10.8 Å². The lowest BCUT2D eigenvalue weighted by Gasteiger charge is -2.12. The lowest BCUT2D eigenvalue weighted by molar-refractivity contribution is 0.0593. The van der Waals surface area contributed by atoms with Gasteiger partial charge in [-0.2, -0.15) is 5.26 Å². The van der Waals surface area contributed by atoms with Gasteiger partial charge in [0.2, 0.25) is 0 Å². The molecule has 3 rings (SSSR count). The van der Waals surface area contributed by atoms with E-state index in [1.807, 2.05) is 42.5 Å². The number of nitrogens with zero attached hydrogens (tertiary/aromatic N) is 2. The van der Waals surface area contributed by atoms with E-state index >= 15 is 0 Å². The highest BCUT2D eigenvalue weighted by Gasteiger charge is 2.22. The molecule has 0 aliphatic heterocycles. The summed E-state index contributed by atoms with van der Waals surface area (Å²) in [6.45, 7) is 0. The average molecular weight is 370 g/mol. The Balaban J connectivity index is 2.39. The summed E-state index contributed by atoms with van der Waals surface area (Å²) in [6.07, 6.45) is 1.55. The van der Waals surface area contributed by atoms with Crippen molar-refractivity contribution in [2.24, 2.45) is 0 Å². The summed E-state index contributed by atoms with van der Waals surface area (Å²) in [7, 11) is 1.28. The largest absolute Gasteiger partial charge is 0.464 e. The van der Waals surface area contributed by atoms with Crippen LogP contribution in [0.2, 0.25) is 0 Å². The number of ether oxygens (including phenoxy) is 1. The van der Waals surface area contributed by atoms with Crippen LogP contribution in [-0.4, -0.2) is 17.6 Å². The minimum absolute atomic E-state index is 0.117. The summed E-state index contributed by atoms with van der Waals surface area (Å²) in [4.78, 5) is 12.1. The molecule has 114 valence electrons. The smallest absolute Gasteiger partial charge is 0.357 e. The van der Waals surface area contributed by atoms with Crippen LogP contribution in [0, 0.1) is 11.3 Å². The molecule has 6 heteroatoms. The number of fused-ring (bicyclic) bond motifs is 1. The molecule has 2 N–H and O–H groups in total. The van der Waals surface area contributed by atoms with Crippen molar-refractivity contribution >= 4 is 38.4 Å². The number of nitrogens with two attached hydrogens (primary N) is 1. The number of halogens is 1. The molecule has 0 atom stereocenters. The topological polar surface area (TPSA) is 81.0 Å². The molecule has 0 radical (unpaired) electrons. The standard InChI is InChI=1S/C17H12BrN3O2/c1-23-17(22)16-15(20)10(8-19)9-21(16)14-7-6-13(18)11-4-2-3-5-12(11)14/h2-7,9H,20H2,1H3. The minimum atomic E-state index is -0.587. The third kappa shape index (κ3) is 2.35. The molecule has 0 fully saturated rings. The van der Waals surface area contributed by atoms with Crippen LogP contribution >= 0.6 is 15.9 Å². The van der Waals surface area contributed by atoms with Crippen LogP contribution in [0.15, 0.2) is 47.1 Å². The number of esters is 1. The van der Waals surface area contributed by atoms with E-state index < -0.39 is 5.97 Å². The van der Waals surface area contributed by atoms with Crippen molar-refractivity contribution in [3.63, 3.8) is 0 Å². The van der Waals surface area contributed by atoms with Gasteiger partial charge in [-0.3, -0.25) is 0 Å². The first-order valence-electron chi connectivity index (χ1n) is 6.75. The summed E-state index contributed by atoms with van der Waals surface area (Å²) < 4.78 is 7.36. The zero-order chi connectivity index (χ0) is 16.6. The second-order valence-corrected chi connectivity index (χ2v) is 5.74. The fourth-order valence-corrected chi connectivity index (χ4v) is 3.04. The molecular formula is C17H12BrN3O2. The van der Waals surface area contributed by atoms with Crippen LogP contribution in [0.3, 0.4) is 0 Å². The van der Waals surface area contributed by atoms with E-state index in [4.69, 9.17) is 10.5 Å². The Morgan fingerprint density at radius 3 is 2.61 bits per heavy atom. The highest BCUT2D eigenvalue weighted by atomic mass is 79.9. The van der Waals surface area contributed by atoms with Crippen molar-refractivity contribution in [3.8, 4) is 11.8 Å². The van der Waals surface area contributed by atoms with E-state index in [2.05, 4.69) is 15.9 Å². The SMILES string of the molecule is COC(=O)c1c(N)c(C#N)cn1-c1ccc(Br)c2ccccc12. The predicted octanol–water partition coefficient (Wildman–Crippen LogP) is 3.63. The summed E-state index contributed by atoms with van der Waals surface area (Å²) >= 11 is 3.52. The Bertz CT molecular complexity index is 970. The second-order valence-electron chi connectivity index (χ2n) is 4.89. The number of rotatable bonds is 2. The van der Waals surface area contributed by atoms with Gasteiger partial charge < -0.3 is 15.0 Å². The molecule has 0 bridgehead atoms. The third-order valence-corrected chi connectivity index (χ3v) is 4.34. The maximum absolute atomic E-state index is 12.1. The van der Waals surface area contributed by atoms with Crippen molar-refractivity contribution in [2.45, 2.75) is 0 Å². The third-order valence-electron chi connectivity index (χ3n) is 3.65. The number of nitrogen functional groups attached to an aromatic ring is 1. The van der Waals surface area contributed by atoms with Gasteiger partial charge in [-0.15, -0.1) is 0 Å². The van der Waals surface area contributed by atoms with Crippen molar-refractivity contribution in [1.29, 1.82) is 5.26 Å². The molecule has 2 aromatic carbocycles. The number of aromatic nitrogens is 1. The highest BCUT2D eigenvalue weighted by Crippen LogP contribution is 2.32. The van der Waals surface area contributed by atoms with Gasteiger partial charge >= 0.3 is 5.97 Å². The molecule has 1 aromatic heterocycles. The van der Waals surface area contributed by atoms with Crippen molar-refractivity contribution < 1.29 is 9.53 Å². The van der Waals surface area contributed by atoms with Crippen LogP contribution < -0.4 is 5.73 Å². The fraction of sp³-hybridized carbons (Fsp3) is 0.0588. The number of methoxy groups -OCH3 is 1. The minimum Gasteiger partial charge on any atom is -0.464 e. The lowest BCUT2D eigenvalue weighted by Crippen LogP contribution is -2.11. The number of carbonyl (C=O) groups excluding carboxylic acids is 1. The Labute approximate surface area is 141 Å². The zero-order valence-electron chi connectivity index (χ0n) is 12.2. The molecule has 0 aliphatic rings. The van der Waals surface area contributed by atoms with Crippen molar-refractivity contribution in [1.82, 2.24) is 4.57 Å². The van der Waals surface area contributed by atoms with Gasteiger partial charge in [-0.25, -0.2) is 4.79 Å². The highest BCUT2D eigenvalue weighted by molar-refractivity contribution is 9.10. The fourth-order valence-electron chi connectivity index (χ4n) is 2.56. The molecule has 5 nitrogen and oxygen atoms in total. The molecule has 3 aromatic rings. The van der Waals surface area contributed by atoms with E-state index in [1.165, 1.54) is 7.11 Å². The first-order chi connectivity index (χ1) is 11.1. The van der Waals surface area contributed by atoms with Crippen LogP contribution in [0.25, 0.3) is 16.5 Å². The second kappa shape index (κ2) is 5.78. The van der Waals surface area contributed by atoms with E-state index in [0.717, 1.165) is 20.9 Å². The number of benzene rings is 2. The normalized spacial score (nSPS) is 10.5. The van der Waals surface area contributed by atoms with Gasteiger partial charge in [0, 0.05) is 16.1 Å². The van der Waals surface area contributed by atoms with Crippen molar-refractivity contribution in [3.05, 3.63) is 58.3 Å². The first kappa shape index (κ1) is 15.1. The van der Waals surface area contributed by atoms with Gasteiger partial charge in [0.05, 0.1) is 24.0 Å². The molecular weight excluding hydrogens is 358 g/mol. The van der Waals surface area contributed by atoms with Crippen molar-refractivity contribution in [2.75, 3.05) is 12.8 Å². The molecule has 1 heterocycles. The molecule has 0 aliphatic carbocycles. The lowest BCUT2D eigenvalue weighted by atomic mass is 10.1. The summed E-state index contributed by atoms with van der Waals surface area (Å²) in [5.41, 5.74) is 7.20. The summed E-state index contributed by atoms with van der Waals surface area (Å²) in [5, 5.41) is 11.1. The maximum atomic E-state index is 12.1. The van der Waals surface area contributed by atoms with Gasteiger partial charge in [0.1, 0.15) is 6.07 Å². The summed E-state index contributed by atoms with van der Waals surface area (Å²) in [5.74, 6) is -0.587. The van der Waals surface area contributed by atoms with E-state index in [0.29, 0.717) is 0 Å². The van der Waals surface area contributed by atoms with Gasteiger partial charge in [0.15, 0.2) is 5.69 Å². The first-order valence-corrected chi connectivity index (χ1v) is 7.54. The Morgan fingerprint density at radius 1 is 1.26 bits per heavy atom. The zero-order valence-corrected chi connectivity index (χ0v) is 13.8. The monoisotopic (exact) mass is 369 g/mol. The van der Waals surface area contributed by atoms with E-state index in [9.17, 15) is 10.1 Å². The summed E-state index contributed by atoms with van der Waals surface area (Å²) in [6, 6.07) is 13.5. The average Bonchev–Trinajstić information content (AvgIpc) is 2.91. The number of carbonyl (C=O) groups is 1. The number of anilines is 1. The molecule has 0 amide bonds. The van der Waals surface area contributed by atoms with Crippen LogP contribution in [0.5, 0.6) is 0 Å². The molecule has 0 saturated carbocycles. The predicted molar refractivity (Wildman–Crippen MR) is 91.4 cm³/mol. The van der Waals surface area contributed by atoms with Crippen LogP contribution in [0.1, 0.15) is 16.1 Å². The Morgan fingerprint density at radius 2 is 1.96 bits per heavy atom.